The molecule has 1 aromatic heterocycles. The number of para-hydroxylation sites is 1. The molecule has 0 saturated heterocycles. The minimum absolute atomic E-state index is 1.17. The Hall–Kier alpha value is -1.70. The van der Waals surface area contributed by atoms with Crippen LogP contribution >= 0.6 is 0 Å². The Morgan fingerprint density at radius 3 is 2.38 bits per heavy atom. The minimum atomic E-state index is 1.17. The highest BCUT2D eigenvalue weighted by atomic mass is 15.1. The summed E-state index contributed by atoms with van der Waals surface area (Å²) in [6.07, 6.45) is 3.90. The second-order valence-electron chi connectivity index (χ2n) is 2.96. The zero-order valence-corrected chi connectivity index (χ0v) is 7.57. The van der Waals surface area contributed by atoms with Gasteiger partial charge in [-0.3, -0.25) is 0 Å². The summed E-state index contributed by atoms with van der Waals surface area (Å²) in [6.45, 7) is 0. The van der Waals surface area contributed by atoms with E-state index in [1.807, 2.05) is 36.7 Å². The molecule has 1 N–H and O–H groups in total. The van der Waals surface area contributed by atoms with E-state index in [1.165, 1.54) is 11.4 Å². The van der Waals surface area contributed by atoms with Gasteiger partial charge in [0.15, 0.2) is 0 Å². The van der Waals surface area contributed by atoms with Crippen molar-refractivity contribution in [3.05, 3.63) is 48.8 Å². The fourth-order valence-electron chi connectivity index (χ4n) is 1.32. The first-order valence-electron chi connectivity index (χ1n) is 4.29. The van der Waals surface area contributed by atoms with Gasteiger partial charge in [-0.2, -0.15) is 0 Å². The van der Waals surface area contributed by atoms with Crippen LogP contribution in [-0.2, 0) is 0 Å². The number of benzene rings is 1. The summed E-state index contributed by atoms with van der Waals surface area (Å²) < 4.78 is 0. The van der Waals surface area contributed by atoms with Gasteiger partial charge in [-0.05, 0) is 18.2 Å². The van der Waals surface area contributed by atoms with E-state index < -0.39 is 0 Å². The number of nitrogens with zero attached hydrogens (tertiary/aromatic N) is 1. The summed E-state index contributed by atoms with van der Waals surface area (Å²) in [7, 11) is 2.05. The SMILES string of the molecule is CN(c1ccccc1)c1cc[nH]c1. The molecule has 2 rings (SSSR count). The molecule has 0 atom stereocenters. The molecule has 0 bridgehead atoms. The van der Waals surface area contributed by atoms with Crippen molar-refractivity contribution in [1.82, 2.24) is 4.98 Å². The van der Waals surface area contributed by atoms with Gasteiger partial charge < -0.3 is 9.88 Å². The molecule has 0 aliphatic heterocycles. The van der Waals surface area contributed by atoms with Crippen LogP contribution in [0.15, 0.2) is 48.8 Å². The monoisotopic (exact) mass is 172 g/mol. The molecule has 0 unspecified atom stereocenters. The predicted molar refractivity (Wildman–Crippen MR) is 55.3 cm³/mol. The van der Waals surface area contributed by atoms with Gasteiger partial charge in [-0.1, -0.05) is 18.2 Å². The van der Waals surface area contributed by atoms with Crippen LogP contribution in [0.1, 0.15) is 0 Å². The van der Waals surface area contributed by atoms with Crippen LogP contribution < -0.4 is 4.90 Å². The third-order valence-corrected chi connectivity index (χ3v) is 2.11. The molecule has 2 heteroatoms. The topological polar surface area (TPSA) is 19.0 Å². The van der Waals surface area contributed by atoms with Crippen molar-refractivity contribution in [1.29, 1.82) is 0 Å². The molecule has 0 aliphatic carbocycles. The van der Waals surface area contributed by atoms with Crippen LogP contribution in [0.2, 0.25) is 0 Å². The minimum Gasteiger partial charge on any atom is -0.366 e. The number of anilines is 2. The van der Waals surface area contributed by atoms with Crippen molar-refractivity contribution in [2.75, 3.05) is 11.9 Å². The molecule has 13 heavy (non-hydrogen) atoms. The maximum absolute atomic E-state index is 3.04. The lowest BCUT2D eigenvalue weighted by molar-refractivity contribution is 1.21. The Balaban J connectivity index is 2.29. The van der Waals surface area contributed by atoms with Gasteiger partial charge in [0.1, 0.15) is 0 Å². The van der Waals surface area contributed by atoms with E-state index in [0.717, 1.165) is 0 Å². The number of aromatic nitrogens is 1. The van der Waals surface area contributed by atoms with Crippen LogP contribution in [-0.4, -0.2) is 12.0 Å². The summed E-state index contributed by atoms with van der Waals surface area (Å²) in [6, 6.07) is 12.3. The quantitative estimate of drug-likeness (QED) is 0.738. The van der Waals surface area contributed by atoms with E-state index in [0.29, 0.717) is 0 Å². The van der Waals surface area contributed by atoms with Crippen LogP contribution in [0.3, 0.4) is 0 Å². The average Bonchev–Trinajstić information content (AvgIpc) is 2.71. The molecule has 1 heterocycles. The Bertz CT molecular complexity index is 351. The lowest BCUT2D eigenvalue weighted by Crippen LogP contribution is -2.07. The fraction of sp³-hybridized carbons (Fsp3) is 0.0909. The molecule has 0 spiro atoms. The first-order valence-corrected chi connectivity index (χ1v) is 4.29. The number of hydrogen-bond acceptors (Lipinski definition) is 1. The predicted octanol–water partition coefficient (Wildman–Crippen LogP) is 2.78. The normalized spacial score (nSPS) is 9.92. The second-order valence-corrected chi connectivity index (χ2v) is 2.96. The van der Waals surface area contributed by atoms with Crippen molar-refractivity contribution >= 4 is 11.4 Å². The number of aromatic amines is 1. The van der Waals surface area contributed by atoms with Crippen molar-refractivity contribution < 1.29 is 0 Å². The summed E-state index contributed by atoms with van der Waals surface area (Å²) in [4.78, 5) is 5.17. The largest absolute Gasteiger partial charge is 0.366 e. The average molecular weight is 172 g/mol. The third-order valence-electron chi connectivity index (χ3n) is 2.11. The lowest BCUT2D eigenvalue weighted by Gasteiger charge is -2.16. The fourth-order valence-corrected chi connectivity index (χ4v) is 1.32. The molecule has 0 radical (unpaired) electrons. The van der Waals surface area contributed by atoms with E-state index >= 15 is 0 Å². The van der Waals surface area contributed by atoms with Crippen molar-refractivity contribution in [3.8, 4) is 0 Å². The van der Waals surface area contributed by atoms with Gasteiger partial charge in [-0.25, -0.2) is 0 Å². The van der Waals surface area contributed by atoms with Crippen molar-refractivity contribution in [2.24, 2.45) is 0 Å². The highest BCUT2D eigenvalue weighted by Gasteiger charge is 2.01. The molecular weight excluding hydrogens is 160 g/mol. The molecule has 2 nitrogen and oxygen atoms in total. The Morgan fingerprint density at radius 2 is 1.77 bits per heavy atom. The van der Waals surface area contributed by atoms with E-state index in [4.69, 9.17) is 0 Å². The van der Waals surface area contributed by atoms with Crippen molar-refractivity contribution in [3.63, 3.8) is 0 Å². The molecule has 66 valence electrons. The first-order chi connectivity index (χ1) is 6.38. The highest BCUT2D eigenvalue weighted by molar-refractivity contribution is 5.61. The van der Waals surface area contributed by atoms with E-state index in [2.05, 4.69) is 29.1 Å². The van der Waals surface area contributed by atoms with E-state index in [1.54, 1.807) is 0 Å². The Morgan fingerprint density at radius 1 is 1.00 bits per heavy atom. The van der Waals surface area contributed by atoms with Crippen molar-refractivity contribution in [2.45, 2.75) is 0 Å². The maximum atomic E-state index is 3.04. The summed E-state index contributed by atoms with van der Waals surface area (Å²) in [5, 5.41) is 0. The van der Waals surface area contributed by atoms with Gasteiger partial charge in [0.25, 0.3) is 0 Å². The molecule has 0 amide bonds. The van der Waals surface area contributed by atoms with Crippen LogP contribution in [0.5, 0.6) is 0 Å². The van der Waals surface area contributed by atoms with Gasteiger partial charge in [0.2, 0.25) is 0 Å². The summed E-state index contributed by atoms with van der Waals surface area (Å²) in [5.74, 6) is 0. The standard InChI is InChI=1S/C11H12N2/c1-13(11-7-8-12-9-11)10-5-3-2-4-6-10/h2-9,12H,1H3. The number of hydrogen-bond donors (Lipinski definition) is 1. The smallest absolute Gasteiger partial charge is 0.0585 e. The maximum Gasteiger partial charge on any atom is 0.0585 e. The zero-order valence-electron chi connectivity index (χ0n) is 7.57. The first kappa shape index (κ1) is 7.92. The Labute approximate surface area is 77.8 Å². The number of rotatable bonds is 2. The van der Waals surface area contributed by atoms with Crippen LogP contribution in [0.25, 0.3) is 0 Å². The van der Waals surface area contributed by atoms with Gasteiger partial charge in [-0.15, -0.1) is 0 Å². The summed E-state index contributed by atoms with van der Waals surface area (Å²) >= 11 is 0. The van der Waals surface area contributed by atoms with E-state index in [-0.39, 0.29) is 0 Å². The molecule has 1 aromatic carbocycles. The zero-order chi connectivity index (χ0) is 9.10. The van der Waals surface area contributed by atoms with Gasteiger partial charge in [0.05, 0.1) is 5.69 Å². The van der Waals surface area contributed by atoms with Gasteiger partial charge >= 0.3 is 0 Å². The Kier molecular flexibility index (Phi) is 2.04. The van der Waals surface area contributed by atoms with Gasteiger partial charge in [0, 0.05) is 25.1 Å². The molecule has 2 aromatic rings. The van der Waals surface area contributed by atoms with Crippen LogP contribution in [0.4, 0.5) is 11.4 Å². The second kappa shape index (κ2) is 3.35. The summed E-state index contributed by atoms with van der Waals surface area (Å²) in [5.41, 5.74) is 2.37. The van der Waals surface area contributed by atoms with Crippen LogP contribution in [0, 0.1) is 0 Å². The number of nitrogens with one attached hydrogen (secondary N) is 1. The third kappa shape index (κ3) is 1.56. The highest BCUT2D eigenvalue weighted by Crippen LogP contribution is 2.21. The van der Waals surface area contributed by atoms with E-state index in [9.17, 15) is 0 Å². The molecule has 0 saturated carbocycles. The lowest BCUT2D eigenvalue weighted by atomic mass is 10.3. The molecule has 0 fully saturated rings. The number of H-pyrrole nitrogens is 1. The molecular formula is C11H12N2. The molecule has 0 aliphatic rings.